The minimum atomic E-state index is -4.45. The third-order valence-corrected chi connectivity index (χ3v) is 6.96. The molecule has 0 saturated carbocycles. The summed E-state index contributed by atoms with van der Waals surface area (Å²) in [7, 11) is -4.45. The highest BCUT2D eigenvalue weighted by molar-refractivity contribution is 7.46. The van der Waals surface area contributed by atoms with Crippen LogP contribution < -0.4 is 26.2 Å². The number of rotatable bonds is 15. The fraction of sp³-hybridized carbons (Fsp3) is 0.423. The fourth-order valence-electron chi connectivity index (χ4n) is 4.45. The summed E-state index contributed by atoms with van der Waals surface area (Å²) in [5, 5.41) is 6.88. The van der Waals surface area contributed by atoms with Crippen molar-refractivity contribution in [1.82, 2.24) is 25.7 Å². The van der Waals surface area contributed by atoms with Gasteiger partial charge in [0.25, 0.3) is 0 Å². The van der Waals surface area contributed by atoms with Gasteiger partial charge in [-0.3, -0.25) is 14.7 Å². The van der Waals surface area contributed by atoms with E-state index in [0.29, 0.717) is 48.9 Å². The fourth-order valence-corrected chi connectivity index (χ4v) is 4.77. The molecule has 1 aromatic heterocycles. The van der Waals surface area contributed by atoms with E-state index in [4.69, 9.17) is 14.5 Å². The van der Waals surface area contributed by atoms with Crippen molar-refractivity contribution >= 4 is 36.1 Å². The number of fused-ring (bicyclic) bond motifs is 1. The molecule has 41 heavy (non-hydrogen) atoms. The van der Waals surface area contributed by atoms with E-state index in [1.54, 1.807) is 12.1 Å². The van der Waals surface area contributed by atoms with Crippen molar-refractivity contribution in [1.29, 1.82) is 0 Å². The predicted octanol–water partition coefficient (Wildman–Crippen LogP) is 2.60. The van der Waals surface area contributed by atoms with Crippen LogP contribution in [-0.4, -0.2) is 75.6 Å². The second-order valence-electron chi connectivity index (χ2n) is 9.54. The van der Waals surface area contributed by atoms with Gasteiger partial charge in [-0.15, -0.1) is 0 Å². The number of nitrogens with zero attached hydrogens (tertiary/aromatic N) is 3. The summed E-state index contributed by atoms with van der Waals surface area (Å²) in [6.45, 7) is 4.22. The number of likely N-dealkylation sites (N-methyl/N-ethyl adjacent to an activating group) is 1. The average Bonchev–Trinajstić information content (AvgIpc) is 3.35. The number of hydrogen-bond donors (Lipinski definition) is 6. The number of phosphoric acid groups is 1. The summed E-state index contributed by atoms with van der Waals surface area (Å²) < 4.78 is 34.6. The van der Waals surface area contributed by atoms with E-state index >= 15 is 0 Å². The van der Waals surface area contributed by atoms with Gasteiger partial charge in [-0.25, -0.2) is 24.3 Å². The van der Waals surface area contributed by atoms with Crippen LogP contribution in [0.25, 0.3) is 10.9 Å². The molecular formula is C26H35FN7O6P. The van der Waals surface area contributed by atoms with Gasteiger partial charge in [0.15, 0.2) is 0 Å². The molecular weight excluding hydrogens is 556 g/mol. The maximum Gasteiger partial charge on any atom is 0.469 e. The van der Waals surface area contributed by atoms with Crippen LogP contribution in [0.1, 0.15) is 26.2 Å². The number of aromatic nitrogens is 2. The maximum atomic E-state index is 13.4. The molecule has 2 atom stereocenters. The number of carbonyl (C=O) groups excluding carboxylic acids is 1. The van der Waals surface area contributed by atoms with Crippen LogP contribution in [0.2, 0.25) is 0 Å². The molecule has 2 aromatic carbocycles. The van der Waals surface area contributed by atoms with Crippen LogP contribution in [0.15, 0.2) is 48.8 Å². The van der Waals surface area contributed by atoms with Crippen LogP contribution in [0.5, 0.6) is 5.75 Å². The van der Waals surface area contributed by atoms with E-state index in [1.165, 1.54) is 18.5 Å². The third kappa shape index (κ3) is 9.97. The minimum Gasteiger partial charge on any atom is -0.493 e. The van der Waals surface area contributed by atoms with Crippen LogP contribution in [-0.2, 0) is 13.9 Å². The number of benzene rings is 2. The molecule has 1 saturated heterocycles. The van der Waals surface area contributed by atoms with Crippen molar-refractivity contribution in [2.24, 2.45) is 0 Å². The second-order valence-corrected chi connectivity index (χ2v) is 10.8. The average molecular weight is 592 g/mol. The molecule has 1 fully saturated rings. The molecule has 2 unspecified atom stereocenters. The molecule has 13 nitrogen and oxygen atoms in total. The van der Waals surface area contributed by atoms with Crippen molar-refractivity contribution in [3.63, 3.8) is 0 Å². The zero-order chi connectivity index (χ0) is 29.2. The van der Waals surface area contributed by atoms with E-state index in [2.05, 4.69) is 36.0 Å². The number of carbonyl (C=O) groups is 1. The van der Waals surface area contributed by atoms with Gasteiger partial charge in [-0.2, -0.15) is 0 Å². The van der Waals surface area contributed by atoms with E-state index in [0.717, 1.165) is 18.4 Å². The highest BCUT2D eigenvalue weighted by atomic mass is 31.2. The summed E-state index contributed by atoms with van der Waals surface area (Å²) in [4.78, 5) is 40.8. The molecule has 1 aliphatic rings. The van der Waals surface area contributed by atoms with Crippen LogP contribution in [0, 0.1) is 5.82 Å². The van der Waals surface area contributed by atoms with E-state index in [1.807, 2.05) is 30.0 Å². The minimum absolute atomic E-state index is 0.0429. The number of amides is 1. The van der Waals surface area contributed by atoms with Gasteiger partial charge in [0.2, 0.25) is 5.91 Å². The molecule has 0 radical (unpaired) electrons. The number of phosphoric ester groups is 1. The third-order valence-electron chi connectivity index (χ3n) is 6.44. The molecule has 0 aliphatic carbocycles. The lowest BCUT2D eigenvalue weighted by Crippen LogP contribution is -2.38. The van der Waals surface area contributed by atoms with Crippen LogP contribution >= 0.6 is 7.82 Å². The van der Waals surface area contributed by atoms with Gasteiger partial charge < -0.3 is 30.1 Å². The second kappa shape index (κ2) is 14.6. The first kappa shape index (κ1) is 30.7. The number of halogens is 1. The summed E-state index contributed by atoms with van der Waals surface area (Å²) >= 11 is 0. The zero-order valence-electron chi connectivity index (χ0n) is 22.6. The SMILES string of the molecule is CCN(CCCOc1ccc2c(NC3CC(CC(=O)Nc4cccc(F)c4)NN3)ncnc2c1)CCOP(=O)(O)O. The number of hydrazine groups is 1. The van der Waals surface area contributed by atoms with Gasteiger partial charge in [0, 0.05) is 42.7 Å². The number of nitrogens with one attached hydrogen (secondary N) is 4. The van der Waals surface area contributed by atoms with E-state index in [-0.39, 0.29) is 31.1 Å². The summed E-state index contributed by atoms with van der Waals surface area (Å²) in [6.07, 6.45) is 2.84. The monoisotopic (exact) mass is 591 g/mol. The Morgan fingerprint density at radius 1 is 1.17 bits per heavy atom. The molecule has 0 bridgehead atoms. The molecule has 4 rings (SSSR count). The molecule has 6 N–H and O–H groups in total. The lowest BCUT2D eigenvalue weighted by Gasteiger charge is -2.20. The largest absolute Gasteiger partial charge is 0.493 e. The first-order chi connectivity index (χ1) is 19.7. The van der Waals surface area contributed by atoms with Gasteiger partial charge in [0.05, 0.1) is 24.9 Å². The predicted molar refractivity (Wildman–Crippen MR) is 151 cm³/mol. The van der Waals surface area contributed by atoms with Gasteiger partial charge in [0.1, 0.15) is 23.7 Å². The lowest BCUT2D eigenvalue weighted by molar-refractivity contribution is -0.116. The molecule has 222 valence electrons. The summed E-state index contributed by atoms with van der Waals surface area (Å²) in [5.41, 5.74) is 7.38. The summed E-state index contributed by atoms with van der Waals surface area (Å²) in [5.74, 6) is 0.683. The van der Waals surface area contributed by atoms with Crippen molar-refractivity contribution in [2.45, 2.75) is 38.4 Å². The molecule has 15 heteroatoms. The standard InChI is InChI=1S/C26H35FN7O6P/c1-2-34(10-12-40-41(36,37)38)9-4-11-39-21-7-8-22-23(16-21)28-17-29-26(22)31-24-14-20(32-33-24)15-25(35)30-19-6-3-5-18(27)13-19/h3,5-8,13,16-17,20,24,32-33H,2,4,9-12,14-15H2,1H3,(H,30,35)(H,28,29,31)(H2,36,37,38). The molecule has 1 aliphatic heterocycles. The Hall–Kier alpha value is -3.23. The Kier molecular flexibility index (Phi) is 10.9. The molecule has 1 amide bonds. The first-order valence-electron chi connectivity index (χ1n) is 13.3. The van der Waals surface area contributed by atoms with Crippen molar-refractivity contribution in [3.8, 4) is 5.75 Å². The Morgan fingerprint density at radius 3 is 2.80 bits per heavy atom. The molecule has 3 aromatic rings. The Balaban J connectivity index is 1.23. The first-order valence-corrected chi connectivity index (χ1v) is 14.8. The lowest BCUT2D eigenvalue weighted by atomic mass is 10.1. The number of anilines is 2. The smallest absolute Gasteiger partial charge is 0.469 e. The van der Waals surface area contributed by atoms with Gasteiger partial charge >= 0.3 is 7.82 Å². The normalized spacial score (nSPS) is 17.2. The number of ether oxygens (including phenoxy) is 1. The van der Waals surface area contributed by atoms with Crippen LogP contribution in [0.4, 0.5) is 15.9 Å². The zero-order valence-corrected chi connectivity index (χ0v) is 23.5. The number of hydrogen-bond acceptors (Lipinski definition) is 10. The van der Waals surface area contributed by atoms with Crippen molar-refractivity contribution < 1.29 is 32.8 Å². The Labute approximate surface area is 237 Å². The van der Waals surface area contributed by atoms with Crippen molar-refractivity contribution in [2.75, 3.05) is 43.5 Å². The topological polar surface area (TPSA) is 170 Å². The van der Waals surface area contributed by atoms with Gasteiger partial charge in [-0.1, -0.05) is 13.0 Å². The maximum absolute atomic E-state index is 13.4. The summed E-state index contributed by atoms with van der Waals surface area (Å²) in [6, 6.07) is 11.2. The van der Waals surface area contributed by atoms with Gasteiger partial charge in [-0.05, 0) is 49.7 Å². The van der Waals surface area contributed by atoms with E-state index in [9.17, 15) is 13.8 Å². The van der Waals surface area contributed by atoms with E-state index < -0.39 is 13.6 Å². The highest BCUT2D eigenvalue weighted by Gasteiger charge is 2.26. The quantitative estimate of drug-likeness (QED) is 0.113. The Bertz CT molecular complexity index is 1360. The molecule has 2 heterocycles. The highest BCUT2D eigenvalue weighted by Crippen LogP contribution is 2.35. The van der Waals surface area contributed by atoms with Crippen LogP contribution in [0.3, 0.4) is 0 Å². The molecule has 0 spiro atoms. The van der Waals surface area contributed by atoms with Crippen molar-refractivity contribution in [3.05, 3.63) is 54.6 Å². The Morgan fingerprint density at radius 2 is 2.02 bits per heavy atom.